The van der Waals surface area contributed by atoms with Gasteiger partial charge in [0.1, 0.15) is 6.10 Å². The average Bonchev–Trinajstić information content (AvgIpc) is 2.17. The van der Waals surface area contributed by atoms with Crippen molar-refractivity contribution in [1.82, 2.24) is 4.98 Å². The second-order valence-electron chi connectivity index (χ2n) is 3.08. The lowest BCUT2D eigenvalue weighted by atomic mass is 10.0. The molecule has 5 N–H and O–H groups in total. The minimum absolute atomic E-state index is 0.121. The first-order valence-electron chi connectivity index (χ1n) is 4.32. The molecule has 1 rings (SSSR count). The largest absolute Gasteiger partial charge is 0.397 e. The van der Waals surface area contributed by atoms with Crippen LogP contribution in [0.25, 0.3) is 0 Å². The number of anilines is 1. The van der Waals surface area contributed by atoms with Crippen LogP contribution in [0.3, 0.4) is 0 Å². The van der Waals surface area contributed by atoms with Gasteiger partial charge in [0.15, 0.2) is 0 Å². The van der Waals surface area contributed by atoms with Crippen molar-refractivity contribution in [3.63, 3.8) is 0 Å². The summed E-state index contributed by atoms with van der Waals surface area (Å²) in [6.45, 7) is -0.173. The van der Waals surface area contributed by atoms with Gasteiger partial charge in [-0.3, -0.25) is 4.98 Å². The highest BCUT2D eigenvalue weighted by atomic mass is 16.3. The lowest BCUT2D eigenvalue weighted by molar-refractivity contribution is 0.00407. The molecule has 5 heteroatoms. The molecule has 0 spiro atoms. The zero-order chi connectivity index (χ0) is 10.6. The van der Waals surface area contributed by atoms with Crippen LogP contribution in [-0.2, 0) is 0 Å². The van der Waals surface area contributed by atoms with Crippen LogP contribution >= 0.6 is 0 Å². The number of nitrogens with two attached hydrogens (primary N) is 1. The topological polar surface area (TPSA) is 99.6 Å². The van der Waals surface area contributed by atoms with Gasteiger partial charge < -0.3 is 21.1 Å². The second kappa shape index (κ2) is 4.90. The molecular weight excluding hydrogens is 184 g/mol. The molecule has 78 valence electrons. The van der Waals surface area contributed by atoms with E-state index in [1.165, 1.54) is 18.5 Å². The van der Waals surface area contributed by atoms with Crippen LogP contribution in [0.5, 0.6) is 0 Å². The number of aliphatic hydroxyl groups excluding tert-OH is 3. The summed E-state index contributed by atoms with van der Waals surface area (Å²) in [4.78, 5) is 3.79. The Hall–Kier alpha value is -1.17. The summed E-state index contributed by atoms with van der Waals surface area (Å²) >= 11 is 0. The smallest absolute Gasteiger partial charge is 0.106 e. The molecule has 0 aliphatic heterocycles. The normalized spacial score (nSPS) is 15.1. The Morgan fingerprint density at radius 2 is 2.07 bits per heavy atom. The van der Waals surface area contributed by atoms with E-state index in [4.69, 9.17) is 10.8 Å². The van der Waals surface area contributed by atoms with Gasteiger partial charge in [0.05, 0.1) is 11.8 Å². The first-order chi connectivity index (χ1) is 6.65. The van der Waals surface area contributed by atoms with E-state index in [-0.39, 0.29) is 13.0 Å². The molecule has 0 aliphatic rings. The third-order valence-electron chi connectivity index (χ3n) is 1.91. The van der Waals surface area contributed by atoms with Gasteiger partial charge in [-0.2, -0.15) is 0 Å². The van der Waals surface area contributed by atoms with Crippen LogP contribution < -0.4 is 5.73 Å². The van der Waals surface area contributed by atoms with Crippen molar-refractivity contribution in [2.24, 2.45) is 0 Å². The van der Waals surface area contributed by atoms with E-state index < -0.39 is 12.2 Å². The van der Waals surface area contributed by atoms with Crippen molar-refractivity contribution in [1.29, 1.82) is 0 Å². The number of nitrogens with zero attached hydrogens (tertiary/aromatic N) is 1. The predicted molar refractivity (Wildman–Crippen MR) is 51.3 cm³/mol. The number of hydrogen-bond acceptors (Lipinski definition) is 5. The summed E-state index contributed by atoms with van der Waals surface area (Å²) < 4.78 is 0. The van der Waals surface area contributed by atoms with Crippen LogP contribution in [0.15, 0.2) is 18.5 Å². The summed E-state index contributed by atoms with van der Waals surface area (Å²) in [5, 5.41) is 27.5. The third-order valence-corrected chi connectivity index (χ3v) is 1.91. The van der Waals surface area contributed by atoms with Crippen LogP contribution in [0.2, 0.25) is 0 Å². The molecule has 14 heavy (non-hydrogen) atoms. The maximum Gasteiger partial charge on any atom is 0.106 e. The molecule has 2 unspecified atom stereocenters. The fourth-order valence-electron chi connectivity index (χ4n) is 1.15. The van der Waals surface area contributed by atoms with Crippen LogP contribution in [0.1, 0.15) is 18.1 Å². The van der Waals surface area contributed by atoms with Crippen LogP contribution in [-0.4, -0.2) is 33.0 Å². The minimum Gasteiger partial charge on any atom is -0.397 e. The van der Waals surface area contributed by atoms with E-state index in [9.17, 15) is 10.2 Å². The van der Waals surface area contributed by atoms with Gasteiger partial charge in [0.25, 0.3) is 0 Å². The molecule has 0 aromatic carbocycles. The van der Waals surface area contributed by atoms with Gasteiger partial charge in [-0.25, -0.2) is 0 Å². The number of pyridine rings is 1. The van der Waals surface area contributed by atoms with Gasteiger partial charge >= 0.3 is 0 Å². The zero-order valence-corrected chi connectivity index (χ0v) is 7.67. The molecule has 1 heterocycles. The Bertz CT molecular complexity index is 293. The van der Waals surface area contributed by atoms with Crippen LogP contribution in [0, 0.1) is 0 Å². The van der Waals surface area contributed by atoms with Crippen molar-refractivity contribution in [2.45, 2.75) is 18.6 Å². The van der Waals surface area contributed by atoms with Gasteiger partial charge in [-0.15, -0.1) is 0 Å². The Labute approximate surface area is 81.8 Å². The third kappa shape index (κ3) is 2.66. The fourth-order valence-corrected chi connectivity index (χ4v) is 1.15. The maximum absolute atomic E-state index is 9.59. The zero-order valence-electron chi connectivity index (χ0n) is 7.67. The number of aromatic nitrogens is 1. The highest BCUT2D eigenvalue weighted by Crippen LogP contribution is 2.19. The molecule has 0 radical (unpaired) electrons. The Balaban J connectivity index is 2.73. The average molecular weight is 198 g/mol. The standard InChI is InChI=1S/C9H14N2O3/c10-7-3-6(4-11-5-7)9(14)8(13)1-2-12/h3-5,8-9,12-14H,1-2,10H2. The molecule has 0 bridgehead atoms. The van der Waals surface area contributed by atoms with Crippen molar-refractivity contribution >= 4 is 5.69 Å². The van der Waals surface area contributed by atoms with E-state index in [1.807, 2.05) is 0 Å². The molecule has 0 fully saturated rings. The number of rotatable bonds is 4. The molecule has 2 atom stereocenters. The predicted octanol–water partition coefficient (Wildman–Crippen LogP) is -0.560. The molecule has 0 saturated heterocycles. The fraction of sp³-hybridized carbons (Fsp3) is 0.444. The molecular formula is C9H14N2O3. The first kappa shape index (κ1) is 10.9. The SMILES string of the molecule is Nc1cncc(C(O)C(O)CCO)c1. The van der Waals surface area contributed by atoms with Gasteiger partial charge in [-0.05, 0) is 12.5 Å². The van der Waals surface area contributed by atoms with E-state index >= 15 is 0 Å². The lowest BCUT2D eigenvalue weighted by Gasteiger charge is -2.16. The minimum atomic E-state index is -1.06. The lowest BCUT2D eigenvalue weighted by Crippen LogP contribution is -2.19. The summed E-state index contributed by atoms with van der Waals surface area (Å²) in [6.07, 6.45) is 0.952. The monoisotopic (exact) mass is 198 g/mol. The van der Waals surface area contributed by atoms with Crippen molar-refractivity contribution in [2.75, 3.05) is 12.3 Å². The Morgan fingerprint density at radius 1 is 1.36 bits per heavy atom. The van der Waals surface area contributed by atoms with Gasteiger partial charge in [0, 0.05) is 24.6 Å². The highest BCUT2D eigenvalue weighted by molar-refractivity contribution is 5.37. The molecule has 1 aromatic heterocycles. The number of nitrogen functional groups attached to an aromatic ring is 1. The van der Waals surface area contributed by atoms with E-state index in [0.29, 0.717) is 11.3 Å². The molecule has 5 nitrogen and oxygen atoms in total. The number of hydrogen-bond donors (Lipinski definition) is 4. The van der Waals surface area contributed by atoms with Gasteiger partial charge in [0.2, 0.25) is 0 Å². The first-order valence-corrected chi connectivity index (χ1v) is 4.32. The molecule has 1 aromatic rings. The Morgan fingerprint density at radius 3 is 2.64 bits per heavy atom. The summed E-state index contributed by atoms with van der Waals surface area (Å²) in [5.41, 5.74) is 6.34. The molecule has 0 saturated carbocycles. The van der Waals surface area contributed by atoms with E-state index in [2.05, 4.69) is 4.98 Å². The Kier molecular flexibility index (Phi) is 3.82. The highest BCUT2D eigenvalue weighted by Gasteiger charge is 2.17. The van der Waals surface area contributed by atoms with Crippen molar-refractivity contribution in [3.8, 4) is 0 Å². The second-order valence-corrected chi connectivity index (χ2v) is 3.08. The van der Waals surface area contributed by atoms with E-state index in [1.54, 1.807) is 0 Å². The molecule has 0 amide bonds. The van der Waals surface area contributed by atoms with Gasteiger partial charge in [-0.1, -0.05) is 0 Å². The summed E-state index contributed by atoms with van der Waals surface area (Å²) in [6, 6.07) is 1.54. The van der Waals surface area contributed by atoms with Crippen molar-refractivity contribution in [3.05, 3.63) is 24.0 Å². The number of aliphatic hydroxyl groups is 3. The van der Waals surface area contributed by atoms with E-state index in [0.717, 1.165) is 0 Å². The molecule has 0 aliphatic carbocycles. The quantitative estimate of drug-likeness (QED) is 0.519. The summed E-state index contributed by atoms with van der Waals surface area (Å²) in [7, 11) is 0. The summed E-state index contributed by atoms with van der Waals surface area (Å²) in [5.74, 6) is 0. The van der Waals surface area contributed by atoms with Crippen LogP contribution in [0.4, 0.5) is 5.69 Å². The maximum atomic E-state index is 9.59. The van der Waals surface area contributed by atoms with Crippen molar-refractivity contribution < 1.29 is 15.3 Å².